The van der Waals surface area contributed by atoms with Gasteiger partial charge in [0, 0.05) is 13.7 Å². The number of fused-ring (bicyclic) bond motifs is 1. The predicted octanol–water partition coefficient (Wildman–Crippen LogP) is 3.02. The van der Waals surface area contributed by atoms with E-state index >= 15 is 0 Å². The Morgan fingerprint density at radius 3 is 3.00 bits per heavy atom. The van der Waals surface area contributed by atoms with Crippen LogP contribution in [0.4, 0.5) is 5.82 Å². The number of hydrogen-bond acceptors (Lipinski definition) is 6. The van der Waals surface area contributed by atoms with Crippen molar-refractivity contribution >= 4 is 39.1 Å². The summed E-state index contributed by atoms with van der Waals surface area (Å²) in [6, 6.07) is 2.07. The maximum Gasteiger partial charge on any atom is 0.138 e. The molecule has 1 saturated heterocycles. The highest BCUT2D eigenvalue weighted by Crippen LogP contribution is 2.31. The molecular weight excluding hydrogens is 278 g/mol. The SMILES string of the molecule is COC1(CNc2ncnc3sccc23)CCSCC1. The van der Waals surface area contributed by atoms with Crippen molar-refractivity contribution in [1.29, 1.82) is 0 Å². The van der Waals surface area contributed by atoms with Crippen molar-refractivity contribution in [2.24, 2.45) is 0 Å². The Morgan fingerprint density at radius 1 is 1.37 bits per heavy atom. The molecule has 4 nitrogen and oxygen atoms in total. The minimum Gasteiger partial charge on any atom is -0.376 e. The highest BCUT2D eigenvalue weighted by atomic mass is 32.2. The van der Waals surface area contributed by atoms with Gasteiger partial charge >= 0.3 is 0 Å². The third kappa shape index (κ3) is 2.70. The van der Waals surface area contributed by atoms with Gasteiger partial charge in [-0.15, -0.1) is 11.3 Å². The average Bonchev–Trinajstić information content (AvgIpc) is 2.95. The molecule has 0 radical (unpaired) electrons. The van der Waals surface area contributed by atoms with E-state index in [1.807, 2.05) is 24.3 Å². The lowest BCUT2D eigenvalue weighted by Gasteiger charge is -2.36. The Hall–Kier alpha value is -0.850. The van der Waals surface area contributed by atoms with Crippen molar-refractivity contribution in [3.05, 3.63) is 17.8 Å². The highest BCUT2D eigenvalue weighted by Gasteiger charge is 2.32. The summed E-state index contributed by atoms with van der Waals surface area (Å²) in [5.74, 6) is 3.27. The van der Waals surface area contributed by atoms with Crippen LogP contribution >= 0.6 is 23.1 Å². The lowest BCUT2D eigenvalue weighted by molar-refractivity contribution is -0.00551. The molecule has 0 unspecified atom stereocenters. The molecule has 1 N–H and O–H groups in total. The zero-order valence-corrected chi connectivity index (χ0v) is 12.5. The summed E-state index contributed by atoms with van der Waals surface area (Å²) in [7, 11) is 1.82. The van der Waals surface area contributed by atoms with E-state index < -0.39 is 0 Å². The highest BCUT2D eigenvalue weighted by molar-refractivity contribution is 7.99. The van der Waals surface area contributed by atoms with Crippen LogP contribution in [0.1, 0.15) is 12.8 Å². The van der Waals surface area contributed by atoms with Crippen LogP contribution in [0.5, 0.6) is 0 Å². The summed E-state index contributed by atoms with van der Waals surface area (Å²) in [6.07, 6.45) is 3.81. The van der Waals surface area contributed by atoms with E-state index in [0.29, 0.717) is 0 Å². The number of thiophene rings is 1. The lowest BCUT2D eigenvalue weighted by atomic mass is 9.96. The van der Waals surface area contributed by atoms with Crippen molar-refractivity contribution in [2.45, 2.75) is 18.4 Å². The molecule has 1 fully saturated rings. The molecule has 0 spiro atoms. The van der Waals surface area contributed by atoms with Crippen LogP contribution in [-0.2, 0) is 4.74 Å². The largest absolute Gasteiger partial charge is 0.376 e. The quantitative estimate of drug-likeness (QED) is 0.939. The number of hydrogen-bond donors (Lipinski definition) is 1. The number of anilines is 1. The van der Waals surface area contributed by atoms with Gasteiger partial charge in [-0.25, -0.2) is 9.97 Å². The third-order valence-corrected chi connectivity index (χ3v) is 5.48. The summed E-state index contributed by atoms with van der Waals surface area (Å²) >= 11 is 3.65. The summed E-state index contributed by atoms with van der Waals surface area (Å²) in [5.41, 5.74) is -0.0431. The average molecular weight is 295 g/mol. The van der Waals surface area contributed by atoms with Crippen molar-refractivity contribution < 1.29 is 4.74 Å². The van der Waals surface area contributed by atoms with Gasteiger partial charge < -0.3 is 10.1 Å². The number of aromatic nitrogens is 2. The Kier molecular flexibility index (Phi) is 3.91. The maximum absolute atomic E-state index is 5.78. The minimum absolute atomic E-state index is 0.0431. The number of rotatable bonds is 4. The van der Waals surface area contributed by atoms with Gasteiger partial charge in [0.2, 0.25) is 0 Å². The molecule has 6 heteroatoms. The van der Waals surface area contributed by atoms with Crippen LogP contribution in [0.25, 0.3) is 10.2 Å². The molecule has 0 amide bonds. The fraction of sp³-hybridized carbons (Fsp3) is 0.538. The zero-order valence-electron chi connectivity index (χ0n) is 10.9. The first-order valence-corrected chi connectivity index (χ1v) is 8.41. The fourth-order valence-electron chi connectivity index (χ4n) is 2.37. The summed E-state index contributed by atoms with van der Waals surface area (Å²) < 4.78 is 5.78. The smallest absolute Gasteiger partial charge is 0.138 e. The van der Waals surface area contributed by atoms with E-state index in [4.69, 9.17) is 4.74 Å². The monoisotopic (exact) mass is 295 g/mol. The van der Waals surface area contributed by atoms with Crippen molar-refractivity contribution in [3.63, 3.8) is 0 Å². The maximum atomic E-state index is 5.78. The van der Waals surface area contributed by atoms with Crippen molar-refractivity contribution in [3.8, 4) is 0 Å². The van der Waals surface area contributed by atoms with Crippen molar-refractivity contribution in [1.82, 2.24) is 9.97 Å². The second-order valence-corrected chi connectivity index (χ2v) is 6.83. The van der Waals surface area contributed by atoms with E-state index in [1.165, 1.54) is 11.5 Å². The zero-order chi connectivity index (χ0) is 13.1. The van der Waals surface area contributed by atoms with Gasteiger partial charge in [-0.2, -0.15) is 11.8 Å². The van der Waals surface area contributed by atoms with Crippen LogP contribution in [-0.4, -0.2) is 40.7 Å². The second kappa shape index (κ2) is 5.64. The van der Waals surface area contributed by atoms with E-state index in [0.717, 1.165) is 35.4 Å². The van der Waals surface area contributed by atoms with Gasteiger partial charge in [-0.1, -0.05) is 0 Å². The molecule has 0 aromatic carbocycles. The van der Waals surface area contributed by atoms with E-state index in [9.17, 15) is 0 Å². The molecule has 0 atom stereocenters. The van der Waals surface area contributed by atoms with E-state index in [2.05, 4.69) is 21.4 Å². The first-order chi connectivity index (χ1) is 9.33. The predicted molar refractivity (Wildman–Crippen MR) is 82.2 cm³/mol. The number of ether oxygens (including phenoxy) is 1. The summed E-state index contributed by atoms with van der Waals surface area (Å²) in [4.78, 5) is 9.65. The molecule has 1 aliphatic heterocycles. The topological polar surface area (TPSA) is 47.0 Å². The second-order valence-electron chi connectivity index (χ2n) is 4.71. The molecule has 2 aromatic heterocycles. The first-order valence-electron chi connectivity index (χ1n) is 6.38. The minimum atomic E-state index is -0.0431. The summed E-state index contributed by atoms with van der Waals surface area (Å²) in [5, 5.41) is 6.61. The van der Waals surface area contributed by atoms with Gasteiger partial charge in [0.1, 0.15) is 17.0 Å². The molecule has 0 aliphatic carbocycles. The van der Waals surface area contributed by atoms with Gasteiger partial charge in [-0.3, -0.25) is 0 Å². The molecular formula is C13H17N3OS2. The molecule has 2 aromatic rings. The number of nitrogens with zero attached hydrogens (tertiary/aromatic N) is 2. The molecule has 1 aliphatic rings. The van der Waals surface area contributed by atoms with Gasteiger partial charge in [0.15, 0.2) is 0 Å². The normalized spacial score (nSPS) is 18.6. The van der Waals surface area contributed by atoms with Crippen LogP contribution < -0.4 is 5.32 Å². The molecule has 0 saturated carbocycles. The van der Waals surface area contributed by atoms with Crippen LogP contribution in [0, 0.1) is 0 Å². The Balaban J connectivity index is 1.76. The molecule has 19 heavy (non-hydrogen) atoms. The van der Waals surface area contributed by atoms with Crippen LogP contribution in [0.2, 0.25) is 0 Å². The fourth-order valence-corrected chi connectivity index (χ4v) is 4.34. The van der Waals surface area contributed by atoms with E-state index in [-0.39, 0.29) is 5.60 Å². The van der Waals surface area contributed by atoms with Gasteiger partial charge in [0.25, 0.3) is 0 Å². The number of nitrogens with one attached hydrogen (secondary N) is 1. The Morgan fingerprint density at radius 2 is 2.21 bits per heavy atom. The Labute approximate surface area is 121 Å². The lowest BCUT2D eigenvalue weighted by Crippen LogP contribution is -2.42. The molecule has 0 bridgehead atoms. The van der Waals surface area contributed by atoms with Gasteiger partial charge in [-0.05, 0) is 35.8 Å². The van der Waals surface area contributed by atoms with Crippen LogP contribution in [0.3, 0.4) is 0 Å². The molecule has 3 heterocycles. The van der Waals surface area contributed by atoms with Crippen LogP contribution in [0.15, 0.2) is 17.8 Å². The van der Waals surface area contributed by atoms with Crippen molar-refractivity contribution in [2.75, 3.05) is 30.5 Å². The number of methoxy groups -OCH3 is 1. The van der Waals surface area contributed by atoms with E-state index in [1.54, 1.807) is 17.7 Å². The first kappa shape index (κ1) is 13.1. The Bertz CT molecular complexity index is 552. The number of thioether (sulfide) groups is 1. The molecule has 102 valence electrons. The van der Waals surface area contributed by atoms with Gasteiger partial charge in [0.05, 0.1) is 11.0 Å². The standard InChI is InChI=1S/C13H17N3OS2/c1-17-13(3-6-18-7-4-13)8-14-11-10-2-5-19-12(10)16-9-15-11/h2,5,9H,3-4,6-8H2,1H3,(H,14,15,16). The summed E-state index contributed by atoms with van der Waals surface area (Å²) in [6.45, 7) is 0.812. The molecule has 3 rings (SSSR count). The third-order valence-electron chi connectivity index (χ3n) is 3.68.